The molecule has 2 rings (SSSR count). The van der Waals surface area contributed by atoms with Gasteiger partial charge in [0.25, 0.3) is 10.2 Å². The summed E-state index contributed by atoms with van der Waals surface area (Å²) in [6.07, 6.45) is 7.13. The van der Waals surface area contributed by atoms with E-state index in [0.717, 1.165) is 51.7 Å². The van der Waals surface area contributed by atoms with E-state index in [1.54, 1.807) is 15.7 Å². The first-order valence-corrected chi connectivity index (χ1v) is 10.5. The van der Waals surface area contributed by atoms with E-state index in [2.05, 4.69) is 4.90 Å². The highest BCUT2D eigenvalue weighted by molar-refractivity contribution is 7.86. The van der Waals surface area contributed by atoms with E-state index in [1.807, 2.05) is 0 Å². The maximum Gasteiger partial charge on any atom is 0.303 e. The van der Waals surface area contributed by atoms with Crippen molar-refractivity contribution in [2.75, 3.05) is 39.8 Å². The molecule has 140 valence electrons. The molecule has 8 heteroatoms. The van der Waals surface area contributed by atoms with Crippen LogP contribution in [-0.4, -0.2) is 78.8 Å². The Morgan fingerprint density at radius 1 is 1.08 bits per heavy atom. The van der Waals surface area contributed by atoms with Crippen LogP contribution in [0.4, 0.5) is 0 Å². The van der Waals surface area contributed by atoms with Crippen molar-refractivity contribution in [3.63, 3.8) is 0 Å². The van der Waals surface area contributed by atoms with Crippen LogP contribution < -0.4 is 0 Å². The summed E-state index contributed by atoms with van der Waals surface area (Å²) in [5.41, 5.74) is 0. The highest BCUT2D eigenvalue weighted by atomic mass is 32.2. The highest BCUT2D eigenvalue weighted by Gasteiger charge is 2.34. The van der Waals surface area contributed by atoms with Gasteiger partial charge < -0.3 is 10.0 Å². The van der Waals surface area contributed by atoms with Crippen molar-refractivity contribution in [1.82, 2.24) is 13.5 Å². The number of aliphatic carboxylic acids is 1. The second-order valence-corrected chi connectivity index (χ2v) is 8.90. The molecule has 1 saturated heterocycles. The van der Waals surface area contributed by atoms with Crippen molar-refractivity contribution in [3.05, 3.63) is 0 Å². The largest absolute Gasteiger partial charge is 0.481 e. The van der Waals surface area contributed by atoms with Gasteiger partial charge in [0, 0.05) is 45.7 Å². The normalized spacial score (nSPS) is 22.1. The highest BCUT2D eigenvalue weighted by Crippen LogP contribution is 2.25. The summed E-state index contributed by atoms with van der Waals surface area (Å²) in [7, 11) is -1.63. The van der Waals surface area contributed by atoms with Gasteiger partial charge in [-0.3, -0.25) is 4.79 Å². The second-order valence-electron chi connectivity index (χ2n) is 6.91. The Balaban J connectivity index is 1.76. The van der Waals surface area contributed by atoms with Gasteiger partial charge in [0.05, 0.1) is 0 Å². The molecule has 0 amide bonds. The lowest BCUT2D eigenvalue weighted by Gasteiger charge is -2.38. The van der Waals surface area contributed by atoms with E-state index >= 15 is 0 Å². The van der Waals surface area contributed by atoms with Crippen molar-refractivity contribution in [1.29, 1.82) is 0 Å². The molecule has 24 heavy (non-hydrogen) atoms. The van der Waals surface area contributed by atoms with Gasteiger partial charge in [0.15, 0.2) is 0 Å². The van der Waals surface area contributed by atoms with Gasteiger partial charge in [0.1, 0.15) is 0 Å². The lowest BCUT2D eigenvalue weighted by molar-refractivity contribution is -0.137. The fraction of sp³-hybridized carbons (Fsp3) is 0.938. The molecule has 0 radical (unpaired) electrons. The second kappa shape index (κ2) is 9.12. The molecule has 0 unspecified atom stereocenters. The first-order chi connectivity index (χ1) is 11.4. The maximum atomic E-state index is 12.8. The van der Waals surface area contributed by atoms with Gasteiger partial charge in [0.2, 0.25) is 0 Å². The third-order valence-electron chi connectivity index (χ3n) is 5.23. The Morgan fingerprint density at radius 2 is 1.71 bits per heavy atom. The van der Waals surface area contributed by atoms with Crippen LogP contribution >= 0.6 is 0 Å². The van der Waals surface area contributed by atoms with E-state index in [0.29, 0.717) is 19.5 Å². The number of carbonyl (C=O) groups is 1. The summed E-state index contributed by atoms with van der Waals surface area (Å²) in [5.74, 6) is -0.753. The molecule has 0 atom stereocenters. The number of carboxylic acid groups (broad SMARTS) is 1. The van der Waals surface area contributed by atoms with E-state index in [9.17, 15) is 13.2 Å². The summed E-state index contributed by atoms with van der Waals surface area (Å²) in [4.78, 5) is 12.7. The van der Waals surface area contributed by atoms with Crippen LogP contribution in [0, 0.1) is 0 Å². The number of rotatable bonds is 8. The first-order valence-electron chi connectivity index (χ1n) is 9.08. The van der Waals surface area contributed by atoms with Crippen molar-refractivity contribution >= 4 is 16.2 Å². The summed E-state index contributed by atoms with van der Waals surface area (Å²) in [6, 6.07) is 0.151. The van der Waals surface area contributed by atoms with Crippen LogP contribution in [-0.2, 0) is 15.0 Å². The summed E-state index contributed by atoms with van der Waals surface area (Å²) >= 11 is 0. The van der Waals surface area contributed by atoms with Crippen molar-refractivity contribution < 1.29 is 18.3 Å². The van der Waals surface area contributed by atoms with Crippen LogP contribution in [0.1, 0.15) is 51.4 Å². The molecule has 1 aliphatic heterocycles. The lowest BCUT2D eigenvalue weighted by Crippen LogP contribution is -2.54. The molecular weight excluding hydrogens is 330 g/mol. The van der Waals surface area contributed by atoms with Crippen molar-refractivity contribution in [2.45, 2.75) is 57.4 Å². The molecule has 0 aromatic carbocycles. The lowest BCUT2D eigenvalue weighted by atomic mass is 9.96. The number of carboxylic acids is 1. The van der Waals surface area contributed by atoms with Gasteiger partial charge in [-0.25, -0.2) is 0 Å². The van der Waals surface area contributed by atoms with Crippen molar-refractivity contribution in [2.24, 2.45) is 0 Å². The smallest absolute Gasteiger partial charge is 0.303 e. The molecule has 1 saturated carbocycles. The predicted molar refractivity (Wildman–Crippen MR) is 93.1 cm³/mol. The van der Waals surface area contributed by atoms with Gasteiger partial charge >= 0.3 is 5.97 Å². The maximum absolute atomic E-state index is 12.8. The zero-order chi connectivity index (χ0) is 17.6. The minimum atomic E-state index is -3.36. The minimum Gasteiger partial charge on any atom is -0.481 e. The summed E-state index contributed by atoms with van der Waals surface area (Å²) in [5, 5.41) is 8.64. The fourth-order valence-electron chi connectivity index (χ4n) is 3.61. The third-order valence-corrected chi connectivity index (χ3v) is 7.27. The van der Waals surface area contributed by atoms with Gasteiger partial charge in [-0.05, 0) is 32.2 Å². The van der Waals surface area contributed by atoms with E-state index in [1.165, 1.54) is 6.42 Å². The Kier molecular flexibility index (Phi) is 7.46. The first kappa shape index (κ1) is 19.6. The van der Waals surface area contributed by atoms with Crippen LogP contribution in [0.15, 0.2) is 0 Å². The number of nitrogens with zero attached hydrogens (tertiary/aromatic N) is 3. The minimum absolute atomic E-state index is 0.151. The molecule has 2 fully saturated rings. The Bertz CT molecular complexity index is 497. The number of hydrogen-bond acceptors (Lipinski definition) is 4. The van der Waals surface area contributed by atoms with Crippen LogP contribution in [0.25, 0.3) is 0 Å². The van der Waals surface area contributed by atoms with E-state index in [4.69, 9.17) is 5.11 Å². The molecular formula is C16H31N3O4S. The number of unbranched alkanes of at least 4 members (excludes halogenated alkanes) is 1. The Labute approximate surface area is 145 Å². The molecule has 0 spiro atoms. The monoisotopic (exact) mass is 361 g/mol. The van der Waals surface area contributed by atoms with Gasteiger partial charge in [-0.15, -0.1) is 0 Å². The molecule has 7 nitrogen and oxygen atoms in total. The predicted octanol–water partition coefficient (Wildman–Crippen LogP) is 1.37. The summed E-state index contributed by atoms with van der Waals surface area (Å²) < 4.78 is 28.8. The van der Waals surface area contributed by atoms with E-state index < -0.39 is 16.2 Å². The van der Waals surface area contributed by atoms with Crippen molar-refractivity contribution in [3.8, 4) is 0 Å². The Morgan fingerprint density at radius 3 is 2.29 bits per heavy atom. The van der Waals surface area contributed by atoms with Gasteiger partial charge in [-0.1, -0.05) is 19.3 Å². The molecule has 0 aromatic heterocycles. The topological polar surface area (TPSA) is 81.2 Å². The quantitative estimate of drug-likeness (QED) is 0.661. The zero-order valence-corrected chi connectivity index (χ0v) is 15.5. The standard InChI is InChI=1S/C16H31N3O4S/c1-17(15-7-3-2-4-8-15)24(22,23)19-13-11-18(12-14-19)10-6-5-9-16(20)21/h15H,2-14H2,1H3,(H,20,21). The average Bonchev–Trinajstić information content (AvgIpc) is 2.59. The molecule has 1 heterocycles. The fourth-order valence-corrected chi connectivity index (χ4v) is 5.19. The van der Waals surface area contributed by atoms with E-state index in [-0.39, 0.29) is 12.5 Å². The van der Waals surface area contributed by atoms with Gasteiger partial charge in [-0.2, -0.15) is 17.0 Å². The molecule has 2 aliphatic rings. The number of piperazine rings is 1. The van der Waals surface area contributed by atoms with Crippen LogP contribution in [0.3, 0.4) is 0 Å². The average molecular weight is 362 g/mol. The van der Waals surface area contributed by atoms with Crippen LogP contribution in [0.5, 0.6) is 0 Å². The molecule has 1 aliphatic carbocycles. The number of hydrogen-bond donors (Lipinski definition) is 1. The molecule has 0 aromatic rings. The third kappa shape index (κ3) is 5.40. The Hall–Kier alpha value is -0.700. The summed E-state index contributed by atoms with van der Waals surface area (Å²) in [6.45, 7) is 3.35. The van der Waals surface area contributed by atoms with Crippen LogP contribution in [0.2, 0.25) is 0 Å². The molecule has 0 bridgehead atoms. The SMILES string of the molecule is CN(C1CCCCC1)S(=O)(=O)N1CCN(CCCCC(=O)O)CC1. The molecule has 1 N–H and O–H groups in total. The zero-order valence-electron chi connectivity index (χ0n) is 14.7.